The summed E-state index contributed by atoms with van der Waals surface area (Å²) < 4.78 is 18.4. The SMILES string of the molecule is O=C(Nc1ccc2c(c1)OCO2)N1CC[C@H](n2c(-c3ccco3)nc3cccnc32)C1. The van der Waals surface area contributed by atoms with Crippen molar-refractivity contribution in [3.63, 3.8) is 0 Å². The van der Waals surface area contributed by atoms with E-state index in [1.54, 1.807) is 35.6 Å². The Labute approximate surface area is 177 Å². The molecule has 2 amide bonds. The van der Waals surface area contributed by atoms with Crippen molar-refractivity contribution in [2.75, 3.05) is 25.2 Å². The summed E-state index contributed by atoms with van der Waals surface area (Å²) in [5.41, 5.74) is 2.26. The number of benzene rings is 1. The van der Waals surface area contributed by atoms with Gasteiger partial charge in [0, 0.05) is 31.0 Å². The van der Waals surface area contributed by atoms with Crippen LogP contribution in [0.15, 0.2) is 59.3 Å². The average Bonchev–Trinajstić information content (AvgIpc) is 3.58. The van der Waals surface area contributed by atoms with Gasteiger partial charge in [0.2, 0.25) is 6.79 Å². The summed E-state index contributed by atoms with van der Waals surface area (Å²) in [6.45, 7) is 1.38. The molecule has 9 nitrogen and oxygen atoms in total. The molecular weight excluding hydrogens is 398 g/mol. The Morgan fingerprint density at radius 3 is 2.97 bits per heavy atom. The fourth-order valence-electron chi connectivity index (χ4n) is 4.17. The van der Waals surface area contributed by atoms with Crippen LogP contribution in [-0.2, 0) is 0 Å². The number of aromatic nitrogens is 3. The van der Waals surface area contributed by atoms with Crippen LogP contribution in [-0.4, -0.2) is 45.3 Å². The number of hydrogen-bond donors (Lipinski definition) is 1. The van der Waals surface area contributed by atoms with Gasteiger partial charge >= 0.3 is 6.03 Å². The lowest BCUT2D eigenvalue weighted by atomic mass is 10.2. The molecule has 156 valence electrons. The van der Waals surface area contributed by atoms with Crippen LogP contribution in [0.1, 0.15) is 12.5 Å². The number of likely N-dealkylation sites (tertiary alicyclic amines) is 1. The van der Waals surface area contributed by atoms with Crippen molar-refractivity contribution in [1.82, 2.24) is 19.4 Å². The molecular formula is C22H19N5O4. The standard InChI is InChI=1S/C22H19N5O4/c28-22(24-14-5-6-17-19(11-14)31-13-30-17)26-9-7-15(12-26)27-20-16(3-1-8-23-20)25-21(27)18-4-2-10-29-18/h1-6,8,10-11,15H,7,9,12-13H2,(H,24,28)/t15-/m0/s1. The molecule has 0 unspecified atom stereocenters. The number of anilines is 1. The van der Waals surface area contributed by atoms with Crippen LogP contribution in [0.5, 0.6) is 11.5 Å². The van der Waals surface area contributed by atoms with E-state index >= 15 is 0 Å². The first-order valence-corrected chi connectivity index (χ1v) is 10.1. The van der Waals surface area contributed by atoms with Crippen molar-refractivity contribution < 1.29 is 18.7 Å². The number of imidazole rings is 1. The zero-order chi connectivity index (χ0) is 20.8. The summed E-state index contributed by atoms with van der Waals surface area (Å²) in [5, 5.41) is 2.95. The zero-order valence-corrected chi connectivity index (χ0v) is 16.5. The monoisotopic (exact) mass is 417 g/mol. The van der Waals surface area contributed by atoms with Crippen molar-refractivity contribution in [1.29, 1.82) is 0 Å². The Hall–Kier alpha value is -4.01. The maximum atomic E-state index is 12.9. The summed E-state index contributed by atoms with van der Waals surface area (Å²) >= 11 is 0. The van der Waals surface area contributed by atoms with Crippen LogP contribution in [0.2, 0.25) is 0 Å². The number of rotatable bonds is 3. The second-order valence-corrected chi connectivity index (χ2v) is 7.52. The maximum Gasteiger partial charge on any atom is 0.321 e. The molecule has 1 fully saturated rings. The van der Waals surface area contributed by atoms with E-state index in [2.05, 4.69) is 14.9 Å². The molecule has 2 aliphatic heterocycles. The van der Waals surface area contributed by atoms with Crippen LogP contribution < -0.4 is 14.8 Å². The Balaban J connectivity index is 1.25. The fourth-order valence-corrected chi connectivity index (χ4v) is 4.17. The number of urea groups is 1. The van der Waals surface area contributed by atoms with E-state index in [0.717, 1.165) is 23.4 Å². The fraction of sp³-hybridized carbons (Fsp3) is 0.227. The van der Waals surface area contributed by atoms with Gasteiger partial charge in [-0.2, -0.15) is 0 Å². The summed E-state index contributed by atoms with van der Waals surface area (Å²) in [7, 11) is 0. The first kappa shape index (κ1) is 17.8. The number of pyridine rings is 1. The second kappa shape index (κ2) is 7.05. The summed E-state index contributed by atoms with van der Waals surface area (Å²) in [4.78, 5) is 24.0. The normalized spacial score (nSPS) is 17.4. The van der Waals surface area contributed by atoms with Gasteiger partial charge in [0.05, 0.1) is 12.3 Å². The van der Waals surface area contributed by atoms with Crippen LogP contribution in [0, 0.1) is 0 Å². The van der Waals surface area contributed by atoms with E-state index in [1.165, 1.54) is 0 Å². The molecule has 31 heavy (non-hydrogen) atoms. The quantitative estimate of drug-likeness (QED) is 0.543. The number of amides is 2. The van der Waals surface area contributed by atoms with E-state index in [1.807, 2.05) is 24.3 Å². The molecule has 0 radical (unpaired) electrons. The highest BCUT2D eigenvalue weighted by molar-refractivity contribution is 5.90. The Kier molecular flexibility index (Phi) is 4.05. The predicted octanol–water partition coefficient (Wildman–Crippen LogP) is 3.90. The number of carbonyl (C=O) groups excluding carboxylic acids is 1. The summed E-state index contributed by atoms with van der Waals surface area (Å²) in [6.07, 6.45) is 4.18. The number of hydrogen-bond acceptors (Lipinski definition) is 6. The Morgan fingerprint density at radius 2 is 2.06 bits per heavy atom. The van der Waals surface area contributed by atoms with E-state index < -0.39 is 0 Å². The number of furan rings is 1. The summed E-state index contributed by atoms with van der Waals surface area (Å²) in [6, 6.07) is 12.8. The van der Waals surface area contributed by atoms with Crippen molar-refractivity contribution in [2.24, 2.45) is 0 Å². The molecule has 0 saturated carbocycles. The van der Waals surface area contributed by atoms with E-state index in [9.17, 15) is 4.79 Å². The number of nitrogens with one attached hydrogen (secondary N) is 1. The van der Waals surface area contributed by atoms with E-state index in [4.69, 9.17) is 18.9 Å². The molecule has 1 N–H and O–H groups in total. The third-order valence-corrected chi connectivity index (χ3v) is 5.63. The van der Waals surface area contributed by atoms with Gasteiger partial charge in [-0.3, -0.25) is 0 Å². The summed E-state index contributed by atoms with van der Waals surface area (Å²) in [5.74, 6) is 2.73. The second-order valence-electron chi connectivity index (χ2n) is 7.52. The molecule has 2 aliphatic rings. The van der Waals surface area contributed by atoms with E-state index in [0.29, 0.717) is 36.0 Å². The number of ether oxygens (including phenoxy) is 2. The minimum Gasteiger partial charge on any atom is -0.461 e. The number of fused-ring (bicyclic) bond motifs is 2. The number of carbonyl (C=O) groups is 1. The highest BCUT2D eigenvalue weighted by atomic mass is 16.7. The Morgan fingerprint density at radius 1 is 1.13 bits per heavy atom. The molecule has 9 heteroatoms. The molecule has 1 aromatic carbocycles. The first-order chi connectivity index (χ1) is 15.3. The zero-order valence-electron chi connectivity index (χ0n) is 16.5. The van der Waals surface area contributed by atoms with Crippen molar-refractivity contribution in [3.8, 4) is 23.1 Å². The third-order valence-electron chi connectivity index (χ3n) is 5.63. The highest BCUT2D eigenvalue weighted by Gasteiger charge is 2.31. The largest absolute Gasteiger partial charge is 0.461 e. The van der Waals surface area contributed by atoms with Crippen molar-refractivity contribution >= 4 is 22.9 Å². The van der Waals surface area contributed by atoms with Gasteiger partial charge in [-0.05, 0) is 42.8 Å². The molecule has 0 spiro atoms. The van der Waals surface area contributed by atoms with Crippen LogP contribution >= 0.6 is 0 Å². The first-order valence-electron chi connectivity index (χ1n) is 10.1. The lowest BCUT2D eigenvalue weighted by Crippen LogP contribution is -2.33. The lowest BCUT2D eigenvalue weighted by Gasteiger charge is -2.19. The average molecular weight is 417 g/mol. The maximum absolute atomic E-state index is 12.9. The third kappa shape index (κ3) is 3.05. The van der Waals surface area contributed by atoms with Gasteiger partial charge in [0.25, 0.3) is 0 Å². The van der Waals surface area contributed by atoms with Gasteiger partial charge in [0.15, 0.2) is 28.7 Å². The van der Waals surface area contributed by atoms with Gasteiger partial charge in [-0.25, -0.2) is 14.8 Å². The Bertz CT molecular complexity index is 1270. The topological polar surface area (TPSA) is 94.7 Å². The van der Waals surface area contributed by atoms with Crippen LogP contribution in [0.25, 0.3) is 22.7 Å². The van der Waals surface area contributed by atoms with Gasteiger partial charge in [-0.15, -0.1) is 0 Å². The lowest BCUT2D eigenvalue weighted by molar-refractivity contribution is 0.174. The minimum atomic E-state index is -0.154. The molecule has 1 saturated heterocycles. The van der Waals surface area contributed by atoms with Crippen LogP contribution in [0.4, 0.5) is 10.5 Å². The van der Waals surface area contributed by atoms with Crippen molar-refractivity contribution in [3.05, 3.63) is 54.9 Å². The molecule has 0 aliphatic carbocycles. The minimum absolute atomic E-state index is 0.0440. The molecule has 1 atom stereocenters. The highest BCUT2D eigenvalue weighted by Crippen LogP contribution is 2.35. The van der Waals surface area contributed by atoms with Crippen LogP contribution in [0.3, 0.4) is 0 Å². The molecule has 4 aromatic rings. The van der Waals surface area contributed by atoms with Crippen molar-refractivity contribution in [2.45, 2.75) is 12.5 Å². The number of nitrogens with zero attached hydrogens (tertiary/aromatic N) is 4. The van der Waals surface area contributed by atoms with Gasteiger partial charge in [0.1, 0.15) is 5.52 Å². The predicted molar refractivity (Wildman–Crippen MR) is 112 cm³/mol. The van der Waals surface area contributed by atoms with Gasteiger partial charge < -0.3 is 28.7 Å². The van der Waals surface area contributed by atoms with E-state index in [-0.39, 0.29) is 18.9 Å². The molecule has 6 rings (SSSR count). The molecule has 3 aromatic heterocycles. The molecule has 5 heterocycles. The molecule has 0 bridgehead atoms. The smallest absolute Gasteiger partial charge is 0.321 e. The van der Waals surface area contributed by atoms with Gasteiger partial charge in [-0.1, -0.05) is 0 Å².